The second-order valence-electron chi connectivity index (χ2n) is 12.3. The van der Waals surface area contributed by atoms with Gasteiger partial charge in [0.25, 0.3) is 0 Å². The molecule has 0 bridgehead atoms. The van der Waals surface area contributed by atoms with Gasteiger partial charge >= 0.3 is 0 Å². The number of hydrogen-bond acceptors (Lipinski definition) is 0. The number of unbranched alkanes of at least 4 members (excludes halogenated alkanes) is 1. The van der Waals surface area contributed by atoms with Crippen LogP contribution in [0.5, 0.6) is 0 Å². The van der Waals surface area contributed by atoms with Crippen LogP contribution in [-0.2, 0) is 0 Å². The molecule has 0 radical (unpaired) electrons. The summed E-state index contributed by atoms with van der Waals surface area (Å²) in [6.07, 6.45) is 23.4. The van der Waals surface area contributed by atoms with Crippen molar-refractivity contribution in [1.29, 1.82) is 0 Å². The van der Waals surface area contributed by atoms with Crippen LogP contribution < -0.4 is 0 Å². The van der Waals surface area contributed by atoms with E-state index < -0.39 is 0 Å². The van der Waals surface area contributed by atoms with Crippen molar-refractivity contribution in [1.82, 2.24) is 0 Å². The van der Waals surface area contributed by atoms with E-state index in [4.69, 9.17) is 0 Å². The highest BCUT2D eigenvalue weighted by Crippen LogP contribution is 2.72. The second kappa shape index (κ2) is 7.77. The summed E-state index contributed by atoms with van der Waals surface area (Å²) < 4.78 is 0. The standard InChI is InChI=1S/C28H48/c1-6-28-18-10-9-13-23(28)16-19-27(5)24-15-14-22(12-8-7-11-21(2)3)26(24,4)20-17-25(27)28/h16,21-22,24-25H,6-15,17-20H2,1-5H3/t22-,24?,25?,26+,27?,28-/m0/s1. The van der Waals surface area contributed by atoms with Gasteiger partial charge in [0, 0.05) is 0 Å². The highest BCUT2D eigenvalue weighted by Gasteiger charge is 2.63. The lowest BCUT2D eigenvalue weighted by Crippen LogP contribution is -2.56. The Morgan fingerprint density at radius 1 is 0.964 bits per heavy atom. The molecule has 4 rings (SSSR count). The van der Waals surface area contributed by atoms with Crippen LogP contribution in [0.2, 0.25) is 0 Å². The molecule has 0 N–H and O–H groups in total. The molecule has 160 valence electrons. The van der Waals surface area contributed by atoms with Gasteiger partial charge in [0.1, 0.15) is 0 Å². The maximum Gasteiger partial charge on any atom is -0.00571 e. The predicted molar refractivity (Wildman–Crippen MR) is 122 cm³/mol. The number of hydrogen-bond donors (Lipinski definition) is 0. The molecule has 4 aliphatic rings. The van der Waals surface area contributed by atoms with Crippen LogP contribution in [0.3, 0.4) is 0 Å². The molecule has 0 saturated heterocycles. The van der Waals surface area contributed by atoms with E-state index in [0.717, 1.165) is 23.7 Å². The zero-order chi connectivity index (χ0) is 20.0. The molecule has 3 unspecified atom stereocenters. The summed E-state index contributed by atoms with van der Waals surface area (Å²) in [4.78, 5) is 0. The molecule has 28 heavy (non-hydrogen) atoms. The fourth-order valence-electron chi connectivity index (χ4n) is 9.27. The Bertz CT molecular complexity index is 585. The average molecular weight is 385 g/mol. The minimum atomic E-state index is 0.580. The molecule has 0 nitrogen and oxygen atoms in total. The first kappa shape index (κ1) is 21.0. The van der Waals surface area contributed by atoms with Gasteiger partial charge in [-0.25, -0.2) is 0 Å². The van der Waals surface area contributed by atoms with Gasteiger partial charge in [-0.05, 0) is 104 Å². The largest absolute Gasteiger partial charge is 0.0842 e. The van der Waals surface area contributed by atoms with Gasteiger partial charge in [0.15, 0.2) is 0 Å². The third-order valence-electron chi connectivity index (χ3n) is 10.7. The SMILES string of the molecule is CC[C@]12CCCCC1=CCC1(C)C2CC[C@@]2(C)C1CC[C@@H]2CCCCC(C)C. The molecule has 0 aliphatic heterocycles. The topological polar surface area (TPSA) is 0 Å². The van der Waals surface area contributed by atoms with Crippen LogP contribution in [0.15, 0.2) is 11.6 Å². The van der Waals surface area contributed by atoms with Crippen LogP contribution in [0.4, 0.5) is 0 Å². The van der Waals surface area contributed by atoms with E-state index in [0.29, 0.717) is 16.2 Å². The van der Waals surface area contributed by atoms with Crippen molar-refractivity contribution in [3.05, 3.63) is 11.6 Å². The van der Waals surface area contributed by atoms with Crippen molar-refractivity contribution < 1.29 is 0 Å². The predicted octanol–water partition coefficient (Wildman–Crippen LogP) is 8.95. The Labute approximate surface area is 176 Å². The Balaban J connectivity index is 1.54. The summed E-state index contributed by atoms with van der Waals surface area (Å²) >= 11 is 0. The molecule has 0 spiro atoms. The van der Waals surface area contributed by atoms with Crippen molar-refractivity contribution in [3.63, 3.8) is 0 Å². The first-order chi connectivity index (χ1) is 13.4. The van der Waals surface area contributed by atoms with Crippen molar-refractivity contribution in [2.24, 2.45) is 39.9 Å². The Kier molecular flexibility index (Phi) is 5.83. The van der Waals surface area contributed by atoms with Crippen LogP contribution in [0.1, 0.15) is 125 Å². The normalized spacial score (nSPS) is 45.4. The maximum absolute atomic E-state index is 2.78. The van der Waals surface area contributed by atoms with Crippen molar-refractivity contribution in [3.8, 4) is 0 Å². The third-order valence-corrected chi connectivity index (χ3v) is 10.7. The molecule has 3 saturated carbocycles. The number of rotatable bonds is 6. The Morgan fingerprint density at radius 3 is 2.54 bits per heavy atom. The molecule has 0 aromatic carbocycles. The zero-order valence-electron chi connectivity index (χ0n) is 19.8. The number of fused-ring (bicyclic) bond motifs is 5. The monoisotopic (exact) mass is 384 g/mol. The molecule has 0 heteroatoms. The summed E-state index contributed by atoms with van der Waals surface area (Å²) in [5, 5.41) is 0. The van der Waals surface area contributed by atoms with Crippen LogP contribution in [0, 0.1) is 39.9 Å². The smallest absolute Gasteiger partial charge is 0.00571 e. The van der Waals surface area contributed by atoms with Gasteiger partial charge in [-0.3, -0.25) is 0 Å². The molecule has 0 aromatic heterocycles. The molecular formula is C28H48. The quantitative estimate of drug-likeness (QED) is 0.316. The second-order valence-corrected chi connectivity index (χ2v) is 12.3. The Hall–Kier alpha value is -0.260. The van der Waals surface area contributed by atoms with E-state index >= 15 is 0 Å². The molecule has 3 fully saturated rings. The van der Waals surface area contributed by atoms with Crippen molar-refractivity contribution in [2.45, 2.75) is 125 Å². The zero-order valence-corrected chi connectivity index (χ0v) is 19.8. The third kappa shape index (κ3) is 3.15. The lowest BCUT2D eigenvalue weighted by atomic mass is 9.41. The van der Waals surface area contributed by atoms with Crippen molar-refractivity contribution in [2.75, 3.05) is 0 Å². The lowest BCUT2D eigenvalue weighted by molar-refractivity contribution is -0.111. The van der Waals surface area contributed by atoms with Gasteiger partial charge < -0.3 is 0 Å². The van der Waals surface area contributed by atoms with Gasteiger partial charge in [0.05, 0.1) is 0 Å². The molecule has 4 aliphatic carbocycles. The van der Waals surface area contributed by atoms with E-state index in [1.807, 2.05) is 5.57 Å². The highest BCUT2D eigenvalue weighted by molar-refractivity contribution is 5.27. The summed E-state index contributed by atoms with van der Waals surface area (Å²) in [5.41, 5.74) is 3.70. The maximum atomic E-state index is 2.78. The summed E-state index contributed by atoms with van der Waals surface area (Å²) in [6.45, 7) is 12.8. The van der Waals surface area contributed by atoms with E-state index in [9.17, 15) is 0 Å². The minimum absolute atomic E-state index is 0.580. The number of allylic oxidation sites excluding steroid dienone is 2. The minimum Gasteiger partial charge on any atom is -0.0842 e. The molecule has 0 amide bonds. The molecule has 0 aromatic rings. The summed E-state index contributed by atoms with van der Waals surface area (Å²) in [5.74, 6) is 3.85. The summed E-state index contributed by atoms with van der Waals surface area (Å²) in [7, 11) is 0. The van der Waals surface area contributed by atoms with E-state index in [1.54, 1.807) is 0 Å². The van der Waals surface area contributed by atoms with E-state index in [-0.39, 0.29) is 0 Å². The first-order valence-corrected chi connectivity index (χ1v) is 13.1. The first-order valence-electron chi connectivity index (χ1n) is 13.1. The van der Waals surface area contributed by atoms with Gasteiger partial charge in [-0.1, -0.05) is 72.0 Å². The van der Waals surface area contributed by atoms with Crippen LogP contribution in [-0.4, -0.2) is 0 Å². The fraction of sp³-hybridized carbons (Fsp3) is 0.929. The lowest BCUT2D eigenvalue weighted by Gasteiger charge is -2.64. The van der Waals surface area contributed by atoms with Gasteiger partial charge in [-0.15, -0.1) is 0 Å². The highest BCUT2D eigenvalue weighted by atomic mass is 14.7. The Morgan fingerprint density at radius 2 is 1.79 bits per heavy atom. The van der Waals surface area contributed by atoms with Crippen LogP contribution in [0.25, 0.3) is 0 Å². The van der Waals surface area contributed by atoms with Crippen molar-refractivity contribution >= 4 is 0 Å². The van der Waals surface area contributed by atoms with Gasteiger partial charge in [-0.2, -0.15) is 0 Å². The van der Waals surface area contributed by atoms with E-state index in [2.05, 4.69) is 40.7 Å². The fourth-order valence-corrected chi connectivity index (χ4v) is 9.27. The molecule has 0 heterocycles. The molecular weight excluding hydrogens is 336 g/mol. The average Bonchev–Trinajstić information content (AvgIpc) is 3.02. The molecule has 6 atom stereocenters. The summed E-state index contributed by atoms with van der Waals surface area (Å²) in [6, 6.07) is 0. The van der Waals surface area contributed by atoms with E-state index in [1.165, 1.54) is 89.9 Å². The van der Waals surface area contributed by atoms with Crippen LogP contribution >= 0.6 is 0 Å². The van der Waals surface area contributed by atoms with Gasteiger partial charge in [0.2, 0.25) is 0 Å².